The third-order valence-corrected chi connectivity index (χ3v) is 3.50. The van der Waals surface area contributed by atoms with Crippen LogP contribution >= 0.6 is 11.6 Å². The highest BCUT2D eigenvalue weighted by Gasteiger charge is 2.21. The van der Waals surface area contributed by atoms with Crippen molar-refractivity contribution < 1.29 is 14.3 Å². The van der Waals surface area contributed by atoms with Crippen molar-refractivity contribution in [2.75, 3.05) is 0 Å². The molecule has 1 N–H and O–H groups in total. The largest absolute Gasteiger partial charge is 0.466 e. The number of alkyl carbamates (subject to hydrolysis) is 1. The Labute approximate surface area is 133 Å². The van der Waals surface area contributed by atoms with Gasteiger partial charge in [0, 0.05) is 5.56 Å². The Morgan fingerprint density at radius 3 is 2.68 bits per heavy atom. The lowest BCUT2D eigenvalue weighted by molar-refractivity contribution is 0.117. The number of carbonyl (C=O) groups is 1. The second kappa shape index (κ2) is 6.54. The number of amides is 1. The van der Waals surface area contributed by atoms with E-state index in [1.165, 1.54) is 0 Å². The summed E-state index contributed by atoms with van der Waals surface area (Å²) in [6, 6.07) is 16.8. The fourth-order valence-electron chi connectivity index (χ4n) is 2.11. The van der Waals surface area contributed by atoms with Gasteiger partial charge in [-0.15, -0.1) is 0 Å². The predicted octanol–water partition coefficient (Wildman–Crippen LogP) is 3.91. The Balaban J connectivity index is 1.58. The molecule has 0 fully saturated rings. The lowest BCUT2D eigenvalue weighted by atomic mass is 10.1. The highest BCUT2D eigenvalue weighted by Crippen LogP contribution is 2.33. The first-order chi connectivity index (χ1) is 10.7. The lowest BCUT2D eigenvalue weighted by Crippen LogP contribution is -2.39. The van der Waals surface area contributed by atoms with Crippen LogP contribution in [0.25, 0.3) is 5.03 Å². The van der Waals surface area contributed by atoms with E-state index >= 15 is 0 Å². The van der Waals surface area contributed by atoms with E-state index in [1.807, 2.05) is 48.5 Å². The van der Waals surface area contributed by atoms with Crippen molar-refractivity contribution in [2.45, 2.75) is 12.8 Å². The molecule has 2 aromatic rings. The molecule has 22 heavy (non-hydrogen) atoms. The van der Waals surface area contributed by atoms with Crippen molar-refractivity contribution in [1.29, 1.82) is 0 Å². The number of fused-ring (bicyclic) bond motifs is 1. The van der Waals surface area contributed by atoms with Gasteiger partial charge in [-0.25, -0.2) is 4.79 Å². The number of benzene rings is 2. The Hall–Kier alpha value is -2.46. The summed E-state index contributed by atoms with van der Waals surface area (Å²) < 4.78 is 10.8. The standard InChI is InChI=1S/C17H14ClNO3/c18-14-10-16(22-15-9-5-4-8-13(14)15)19-17(20)21-11-12-6-2-1-3-7-12/h1-10,16H,11H2,(H,19,20). The van der Waals surface area contributed by atoms with Gasteiger partial charge >= 0.3 is 6.09 Å². The molecule has 1 atom stereocenters. The van der Waals surface area contributed by atoms with Gasteiger partial charge in [-0.1, -0.05) is 54.1 Å². The molecule has 4 nitrogen and oxygen atoms in total. The molecule has 3 rings (SSSR count). The van der Waals surface area contributed by atoms with Crippen molar-refractivity contribution in [3.05, 3.63) is 71.8 Å². The van der Waals surface area contributed by atoms with Crippen LogP contribution in [0, 0.1) is 0 Å². The third kappa shape index (κ3) is 3.40. The zero-order valence-electron chi connectivity index (χ0n) is 11.7. The molecule has 1 aliphatic rings. The molecule has 0 saturated heterocycles. The molecule has 0 spiro atoms. The molecular weight excluding hydrogens is 302 g/mol. The summed E-state index contributed by atoms with van der Waals surface area (Å²) in [5, 5.41) is 3.15. The van der Waals surface area contributed by atoms with Gasteiger partial charge in [0.2, 0.25) is 0 Å². The molecule has 1 aliphatic heterocycles. The summed E-state index contributed by atoms with van der Waals surface area (Å²) in [5.74, 6) is 0.628. The zero-order valence-corrected chi connectivity index (χ0v) is 12.4. The minimum Gasteiger partial charge on any atom is -0.466 e. The smallest absolute Gasteiger partial charge is 0.410 e. The third-order valence-electron chi connectivity index (χ3n) is 3.17. The second-order valence-corrected chi connectivity index (χ2v) is 5.16. The van der Waals surface area contributed by atoms with Crippen molar-refractivity contribution >= 4 is 22.7 Å². The minimum absolute atomic E-state index is 0.202. The van der Waals surface area contributed by atoms with Crippen LogP contribution < -0.4 is 10.1 Å². The topological polar surface area (TPSA) is 47.6 Å². The number of rotatable bonds is 3. The Kier molecular flexibility index (Phi) is 4.30. The van der Waals surface area contributed by atoms with Gasteiger partial charge in [-0.3, -0.25) is 5.32 Å². The van der Waals surface area contributed by atoms with E-state index in [-0.39, 0.29) is 6.61 Å². The van der Waals surface area contributed by atoms with Gasteiger partial charge in [0.15, 0.2) is 6.23 Å². The monoisotopic (exact) mass is 315 g/mol. The molecule has 2 aromatic carbocycles. The van der Waals surface area contributed by atoms with Crippen LogP contribution in [0.1, 0.15) is 11.1 Å². The first-order valence-electron chi connectivity index (χ1n) is 6.83. The molecule has 1 amide bonds. The summed E-state index contributed by atoms with van der Waals surface area (Å²) in [6.45, 7) is 0.202. The quantitative estimate of drug-likeness (QED) is 0.934. The SMILES string of the molecule is O=C(NC1C=C(Cl)c2ccccc2O1)OCc1ccccc1. The number of hydrogen-bond donors (Lipinski definition) is 1. The van der Waals surface area contributed by atoms with Crippen molar-refractivity contribution in [1.82, 2.24) is 5.32 Å². The number of para-hydroxylation sites is 1. The normalized spacial score (nSPS) is 16.0. The number of halogens is 1. The van der Waals surface area contributed by atoms with Gasteiger partial charge in [0.1, 0.15) is 12.4 Å². The van der Waals surface area contributed by atoms with E-state index in [4.69, 9.17) is 21.1 Å². The molecule has 1 heterocycles. The molecule has 0 radical (unpaired) electrons. The highest BCUT2D eigenvalue weighted by molar-refractivity contribution is 6.49. The number of nitrogens with one attached hydrogen (secondary N) is 1. The molecule has 5 heteroatoms. The van der Waals surface area contributed by atoms with Gasteiger partial charge in [-0.05, 0) is 23.8 Å². The average Bonchev–Trinajstić information content (AvgIpc) is 2.54. The maximum absolute atomic E-state index is 11.8. The van der Waals surface area contributed by atoms with Crippen LogP contribution in [0.4, 0.5) is 4.79 Å². The Morgan fingerprint density at radius 1 is 1.14 bits per heavy atom. The fraction of sp³-hybridized carbons (Fsp3) is 0.118. The summed E-state index contributed by atoms with van der Waals surface area (Å²) >= 11 is 6.19. The number of hydrogen-bond acceptors (Lipinski definition) is 3. The maximum Gasteiger partial charge on any atom is 0.410 e. The maximum atomic E-state index is 11.8. The molecule has 112 valence electrons. The van der Waals surface area contributed by atoms with Crippen LogP contribution in [-0.2, 0) is 11.3 Å². The highest BCUT2D eigenvalue weighted by atomic mass is 35.5. The molecule has 0 bridgehead atoms. The van der Waals surface area contributed by atoms with E-state index in [1.54, 1.807) is 12.1 Å². The second-order valence-electron chi connectivity index (χ2n) is 4.76. The van der Waals surface area contributed by atoms with Gasteiger partial charge in [0.05, 0.1) is 5.03 Å². The van der Waals surface area contributed by atoms with E-state index < -0.39 is 12.3 Å². The molecule has 1 unspecified atom stereocenters. The summed E-state index contributed by atoms with van der Waals surface area (Å²) in [6.07, 6.45) is 0.424. The first kappa shape index (κ1) is 14.5. The van der Waals surface area contributed by atoms with Gasteiger partial charge in [-0.2, -0.15) is 0 Å². The summed E-state index contributed by atoms with van der Waals surface area (Å²) in [7, 11) is 0. The van der Waals surface area contributed by atoms with E-state index in [9.17, 15) is 4.79 Å². The van der Waals surface area contributed by atoms with Crippen LogP contribution in [0.15, 0.2) is 60.7 Å². The Morgan fingerprint density at radius 2 is 1.86 bits per heavy atom. The fourth-order valence-corrected chi connectivity index (χ4v) is 2.38. The summed E-state index contributed by atoms with van der Waals surface area (Å²) in [5.41, 5.74) is 1.72. The van der Waals surface area contributed by atoms with Crippen molar-refractivity contribution in [3.8, 4) is 5.75 Å². The zero-order chi connectivity index (χ0) is 15.4. The lowest BCUT2D eigenvalue weighted by Gasteiger charge is -2.23. The van der Waals surface area contributed by atoms with Crippen LogP contribution in [0.3, 0.4) is 0 Å². The number of carbonyl (C=O) groups excluding carboxylic acids is 1. The average molecular weight is 316 g/mol. The van der Waals surface area contributed by atoms with Crippen molar-refractivity contribution in [3.63, 3.8) is 0 Å². The molecule has 0 saturated carbocycles. The first-order valence-corrected chi connectivity index (χ1v) is 7.21. The molecular formula is C17H14ClNO3. The van der Waals surface area contributed by atoms with E-state index in [2.05, 4.69) is 5.32 Å². The molecule has 0 aromatic heterocycles. The van der Waals surface area contributed by atoms with Gasteiger partial charge in [0.25, 0.3) is 0 Å². The van der Waals surface area contributed by atoms with Gasteiger partial charge < -0.3 is 9.47 Å². The van der Waals surface area contributed by atoms with Crippen LogP contribution in [0.5, 0.6) is 5.75 Å². The number of ether oxygens (including phenoxy) is 2. The van der Waals surface area contributed by atoms with E-state index in [0.29, 0.717) is 10.8 Å². The minimum atomic E-state index is -0.648. The van der Waals surface area contributed by atoms with Crippen molar-refractivity contribution in [2.24, 2.45) is 0 Å². The Bertz CT molecular complexity index is 700. The van der Waals surface area contributed by atoms with Crippen LogP contribution in [-0.4, -0.2) is 12.3 Å². The van der Waals surface area contributed by atoms with E-state index in [0.717, 1.165) is 11.1 Å². The van der Waals surface area contributed by atoms with Crippen LogP contribution in [0.2, 0.25) is 0 Å². The molecule has 0 aliphatic carbocycles. The predicted molar refractivity (Wildman–Crippen MR) is 84.5 cm³/mol. The summed E-state index contributed by atoms with van der Waals surface area (Å²) in [4.78, 5) is 11.8.